The molecular formula is C17H20BrNO2. The summed E-state index contributed by atoms with van der Waals surface area (Å²) in [5, 5.41) is 3.41. The SMILES string of the molecule is CCNC(C)c1cc(Br)ccc1Oc1cccc(OC)c1. The molecule has 0 aliphatic heterocycles. The van der Waals surface area contributed by atoms with Gasteiger partial charge < -0.3 is 14.8 Å². The maximum Gasteiger partial charge on any atom is 0.132 e. The van der Waals surface area contributed by atoms with E-state index in [1.807, 2.05) is 36.4 Å². The summed E-state index contributed by atoms with van der Waals surface area (Å²) in [7, 11) is 1.65. The summed E-state index contributed by atoms with van der Waals surface area (Å²) in [5.74, 6) is 2.40. The summed E-state index contributed by atoms with van der Waals surface area (Å²) in [6, 6.07) is 13.9. The lowest BCUT2D eigenvalue weighted by Gasteiger charge is -2.18. The van der Waals surface area contributed by atoms with Crippen LogP contribution in [0.15, 0.2) is 46.9 Å². The smallest absolute Gasteiger partial charge is 0.132 e. The lowest BCUT2D eigenvalue weighted by Crippen LogP contribution is -2.18. The molecule has 0 amide bonds. The van der Waals surface area contributed by atoms with Gasteiger partial charge in [-0.15, -0.1) is 0 Å². The number of halogens is 1. The van der Waals surface area contributed by atoms with Crippen LogP contribution in [0, 0.1) is 0 Å². The number of methoxy groups -OCH3 is 1. The zero-order valence-electron chi connectivity index (χ0n) is 12.5. The molecule has 0 aliphatic carbocycles. The molecule has 1 N–H and O–H groups in total. The first kappa shape index (κ1) is 15.9. The average Bonchev–Trinajstić information content (AvgIpc) is 2.49. The van der Waals surface area contributed by atoms with Crippen molar-refractivity contribution in [2.75, 3.05) is 13.7 Å². The van der Waals surface area contributed by atoms with Gasteiger partial charge >= 0.3 is 0 Å². The van der Waals surface area contributed by atoms with Gasteiger partial charge in [0, 0.05) is 22.1 Å². The van der Waals surface area contributed by atoms with E-state index in [0.29, 0.717) is 0 Å². The minimum Gasteiger partial charge on any atom is -0.497 e. The van der Waals surface area contributed by atoms with Gasteiger partial charge in [-0.25, -0.2) is 0 Å². The first-order valence-electron chi connectivity index (χ1n) is 6.98. The van der Waals surface area contributed by atoms with Gasteiger partial charge in [-0.2, -0.15) is 0 Å². The first-order chi connectivity index (χ1) is 10.1. The third-order valence-electron chi connectivity index (χ3n) is 3.22. The summed E-state index contributed by atoms with van der Waals surface area (Å²) in [6.07, 6.45) is 0. The predicted octanol–water partition coefficient (Wildman–Crippen LogP) is 4.92. The standard InChI is InChI=1S/C17H20BrNO2/c1-4-19-12(2)16-10-13(18)8-9-17(16)21-15-7-5-6-14(11-15)20-3/h5-12,19H,4H2,1-3H3. The van der Waals surface area contributed by atoms with E-state index in [2.05, 4.69) is 41.2 Å². The molecule has 0 bridgehead atoms. The Morgan fingerprint density at radius 3 is 2.62 bits per heavy atom. The lowest BCUT2D eigenvalue weighted by molar-refractivity contribution is 0.408. The van der Waals surface area contributed by atoms with Gasteiger partial charge in [0.25, 0.3) is 0 Å². The Labute approximate surface area is 134 Å². The summed E-state index contributed by atoms with van der Waals surface area (Å²) in [4.78, 5) is 0. The van der Waals surface area contributed by atoms with Crippen LogP contribution >= 0.6 is 15.9 Å². The van der Waals surface area contributed by atoms with Gasteiger partial charge in [-0.1, -0.05) is 28.9 Å². The molecule has 1 atom stereocenters. The van der Waals surface area contributed by atoms with E-state index in [4.69, 9.17) is 9.47 Å². The van der Waals surface area contributed by atoms with Crippen molar-refractivity contribution < 1.29 is 9.47 Å². The molecule has 0 heterocycles. The molecular weight excluding hydrogens is 330 g/mol. The van der Waals surface area contributed by atoms with Crippen molar-refractivity contribution in [2.45, 2.75) is 19.9 Å². The minimum atomic E-state index is 0.216. The Hall–Kier alpha value is -1.52. The predicted molar refractivity (Wildman–Crippen MR) is 89.3 cm³/mol. The number of nitrogens with one attached hydrogen (secondary N) is 1. The van der Waals surface area contributed by atoms with Crippen molar-refractivity contribution in [2.24, 2.45) is 0 Å². The highest BCUT2D eigenvalue weighted by atomic mass is 79.9. The van der Waals surface area contributed by atoms with Crippen molar-refractivity contribution in [3.05, 3.63) is 52.5 Å². The highest BCUT2D eigenvalue weighted by Gasteiger charge is 2.12. The second-order valence-corrected chi connectivity index (χ2v) is 5.66. The van der Waals surface area contributed by atoms with Gasteiger partial charge in [-0.3, -0.25) is 0 Å². The molecule has 0 aliphatic rings. The largest absolute Gasteiger partial charge is 0.497 e. The fourth-order valence-electron chi connectivity index (χ4n) is 2.16. The summed E-state index contributed by atoms with van der Waals surface area (Å²) in [5.41, 5.74) is 1.12. The first-order valence-corrected chi connectivity index (χ1v) is 7.78. The zero-order valence-corrected chi connectivity index (χ0v) is 14.1. The summed E-state index contributed by atoms with van der Waals surface area (Å²) in [6.45, 7) is 5.13. The molecule has 1 unspecified atom stereocenters. The second kappa shape index (κ2) is 7.48. The van der Waals surface area contributed by atoms with Crippen molar-refractivity contribution >= 4 is 15.9 Å². The fourth-order valence-corrected chi connectivity index (χ4v) is 2.54. The van der Waals surface area contributed by atoms with Gasteiger partial charge in [0.05, 0.1) is 7.11 Å². The molecule has 2 aromatic carbocycles. The molecule has 0 saturated carbocycles. The Bertz CT molecular complexity index is 601. The molecule has 2 aromatic rings. The van der Waals surface area contributed by atoms with Crippen LogP contribution in [0.1, 0.15) is 25.5 Å². The van der Waals surface area contributed by atoms with Gasteiger partial charge in [0.1, 0.15) is 17.2 Å². The molecule has 0 spiro atoms. The van der Waals surface area contributed by atoms with E-state index < -0.39 is 0 Å². The zero-order chi connectivity index (χ0) is 15.2. The quantitative estimate of drug-likeness (QED) is 0.802. The second-order valence-electron chi connectivity index (χ2n) is 4.74. The minimum absolute atomic E-state index is 0.216. The van der Waals surface area contributed by atoms with E-state index in [9.17, 15) is 0 Å². The van der Waals surface area contributed by atoms with Crippen molar-refractivity contribution in [3.8, 4) is 17.2 Å². The highest BCUT2D eigenvalue weighted by molar-refractivity contribution is 9.10. The number of hydrogen-bond donors (Lipinski definition) is 1. The summed E-state index contributed by atoms with van der Waals surface area (Å²) >= 11 is 3.52. The Kier molecular flexibility index (Phi) is 5.65. The molecule has 0 aromatic heterocycles. The maximum atomic E-state index is 6.03. The molecule has 4 heteroatoms. The van der Waals surface area contributed by atoms with Crippen LogP contribution in [-0.4, -0.2) is 13.7 Å². The average molecular weight is 350 g/mol. The monoisotopic (exact) mass is 349 g/mol. The van der Waals surface area contributed by atoms with E-state index in [1.54, 1.807) is 7.11 Å². The van der Waals surface area contributed by atoms with E-state index in [0.717, 1.165) is 33.8 Å². The van der Waals surface area contributed by atoms with Crippen LogP contribution in [0.2, 0.25) is 0 Å². The molecule has 2 rings (SSSR count). The third kappa shape index (κ3) is 4.22. The van der Waals surface area contributed by atoms with Crippen LogP contribution < -0.4 is 14.8 Å². The van der Waals surface area contributed by atoms with Crippen LogP contribution in [0.5, 0.6) is 17.2 Å². The van der Waals surface area contributed by atoms with Crippen molar-refractivity contribution in [1.82, 2.24) is 5.32 Å². The maximum absolute atomic E-state index is 6.03. The fraction of sp³-hybridized carbons (Fsp3) is 0.294. The van der Waals surface area contributed by atoms with Crippen molar-refractivity contribution in [1.29, 1.82) is 0 Å². The molecule has 112 valence electrons. The molecule has 0 radical (unpaired) electrons. The van der Waals surface area contributed by atoms with Crippen LogP contribution in [0.4, 0.5) is 0 Å². The van der Waals surface area contributed by atoms with Gasteiger partial charge in [0.15, 0.2) is 0 Å². The van der Waals surface area contributed by atoms with E-state index >= 15 is 0 Å². The number of rotatable bonds is 6. The lowest BCUT2D eigenvalue weighted by atomic mass is 10.1. The third-order valence-corrected chi connectivity index (χ3v) is 3.71. The molecule has 0 saturated heterocycles. The molecule has 0 fully saturated rings. The normalized spacial score (nSPS) is 12.0. The van der Waals surface area contributed by atoms with E-state index in [1.165, 1.54) is 0 Å². The van der Waals surface area contributed by atoms with Crippen LogP contribution in [0.3, 0.4) is 0 Å². The van der Waals surface area contributed by atoms with E-state index in [-0.39, 0.29) is 6.04 Å². The Balaban J connectivity index is 2.30. The molecule has 3 nitrogen and oxygen atoms in total. The van der Waals surface area contributed by atoms with Crippen LogP contribution in [-0.2, 0) is 0 Å². The number of ether oxygens (including phenoxy) is 2. The number of hydrogen-bond acceptors (Lipinski definition) is 3. The Morgan fingerprint density at radius 1 is 1.14 bits per heavy atom. The highest BCUT2D eigenvalue weighted by Crippen LogP contribution is 2.33. The Morgan fingerprint density at radius 2 is 1.90 bits per heavy atom. The summed E-state index contributed by atoms with van der Waals surface area (Å²) < 4.78 is 12.3. The van der Waals surface area contributed by atoms with Gasteiger partial charge in [0.2, 0.25) is 0 Å². The number of benzene rings is 2. The van der Waals surface area contributed by atoms with Gasteiger partial charge in [-0.05, 0) is 43.8 Å². The topological polar surface area (TPSA) is 30.5 Å². The molecule has 21 heavy (non-hydrogen) atoms. The van der Waals surface area contributed by atoms with Crippen molar-refractivity contribution in [3.63, 3.8) is 0 Å². The van der Waals surface area contributed by atoms with Crippen LogP contribution in [0.25, 0.3) is 0 Å².